The van der Waals surface area contributed by atoms with E-state index >= 15 is 0 Å². The van der Waals surface area contributed by atoms with Crippen molar-refractivity contribution in [3.8, 4) is 5.75 Å². The van der Waals surface area contributed by atoms with E-state index in [-0.39, 0.29) is 11.4 Å². The lowest BCUT2D eigenvalue weighted by Gasteiger charge is -2.27. The van der Waals surface area contributed by atoms with Gasteiger partial charge in [-0.3, -0.25) is 9.59 Å². The van der Waals surface area contributed by atoms with Crippen LogP contribution in [-0.2, 0) is 4.79 Å². The molecular formula is C27H37N3O4S. The first-order chi connectivity index (χ1) is 16.7. The van der Waals surface area contributed by atoms with Crippen molar-refractivity contribution in [3.63, 3.8) is 0 Å². The smallest absolute Gasteiger partial charge is 0.290 e. The molecule has 1 aromatic heterocycles. The van der Waals surface area contributed by atoms with E-state index in [4.69, 9.17) is 4.74 Å². The maximum absolute atomic E-state index is 13.6. The van der Waals surface area contributed by atoms with Crippen molar-refractivity contribution in [3.05, 3.63) is 56.7 Å². The minimum absolute atomic E-state index is 0.125. The largest absolute Gasteiger partial charge is 0.503 e. The Kier molecular flexibility index (Phi) is 9.46. The highest BCUT2D eigenvalue weighted by atomic mass is 32.1. The molecule has 1 N–H and O–H groups in total. The number of aryl methyl sites for hydroxylation is 2. The maximum atomic E-state index is 13.6. The minimum atomic E-state index is -0.655. The van der Waals surface area contributed by atoms with Crippen molar-refractivity contribution in [1.29, 1.82) is 0 Å². The Morgan fingerprint density at radius 1 is 1.14 bits per heavy atom. The molecule has 0 radical (unpaired) electrons. The second kappa shape index (κ2) is 12.3. The summed E-state index contributed by atoms with van der Waals surface area (Å²) < 4.78 is 5.87. The van der Waals surface area contributed by atoms with E-state index in [0.29, 0.717) is 23.7 Å². The predicted octanol–water partition coefficient (Wildman–Crippen LogP) is 5.25. The van der Waals surface area contributed by atoms with Crippen LogP contribution in [0, 0.1) is 13.8 Å². The fourth-order valence-corrected chi connectivity index (χ4v) is 5.22. The summed E-state index contributed by atoms with van der Waals surface area (Å²) in [6.07, 6.45) is 5.26. The van der Waals surface area contributed by atoms with Crippen LogP contribution in [0.1, 0.15) is 71.0 Å². The van der Waals surface area contributed by atoms with E-state index in [0.717, 1.165) is 42.1 Å². The summed E-state index contributed by atoms with van der Waals surface area (Å²) in [6.45, 7) is 7.68. The number of nitrogens with zero attached hydrogens (tertiary/aromatic N) is 3. The van der Waals surface area contributed by atoms with Gasteiger partial charge in [0.25, 0.3) is 5.91 Å². The monoisotopic (exact) mass is 499 g/mol. The second-order valence-electron chi connectivity index (χ2n) is 9.27. The molecule has 1 unspecified atom stereocenters. The standard InChI is InChI=1S/C27H37N3O4S/c1-6-7-8-9-17-34-21-13-11-20(12-14-21)23-22(24(31)26-18(2)28-19(3)35-26)25(32)27(33)30(23)16-10-15-29(4)5/h11-14,23,32H,6-10,15-17H2,1-5H3. The molecule has 0 saturated carbocycles. The highest BCUT2D eigenvalue weighted by Gasteiger charge is 2.44. The molecule has 8 heteroatoms. The molecule has 1 aliphatic rings. The highest BCUT2D eigenvalue weighted by molar-refractivity contribution is 7.14. The number of carbonyl (C=O) groups excluding carboxylic acids is 2. The number of rotatable bonds is 13. The van der Waals surface area contributed by atoms with E-state index in [1.165, 1.54) is 24.2 Å². The molecule has 35 heavy (non-hydrogen) atoms. The van der Waals surface area contributed by atoms with Crippen LogP contribution in [0.5, 0.6) is 5.75 Å². The van der Waals surface area contributed by atoms with Gasteiger partial charge in [-0.1, -0.05) is 38.3 Å². The van der Waals surface area contributed by atoms with E-state index in [9.17, 15) is 14.7 Å². The molecule has 0 aliphatic carbocycles. The Bertz CT molecular complexity index is 1060. The average Bonchev–Trinajstić information content (AvgIpc) is 3.29. The molecule has 2 aromatic rings. The van der Waals surface area contributed by atoms with Gasteiger partial charge in [0, 0.05) is 6.54 Å². The van der Waals surface area contributed by atoms with Crippen molar-refractivity contribution in [2.45, 2.75) is 58.9 Å². The predicted molar refractivity (Wildman–Crippen MR) is 139 cm³/mol. The Hall–Kier alpha value is -2.71. The number of aromatic nitrogens is 1. The first kappa shape index (κ1) is 26.9. The second-order valence-corrected chi connectivity index (χ2v) is 10.5. The number of carbonyl (C=O) groups is 2. The molecule has 1 aliphatic heterocycles. The third-order valence-electron chi connectivity index (χ3n) is 6.12. The zero-order valence-corrected chi connectivity index (χ0v) is 22.3. The van der Waals surface area contributed by atoms with Crippen molar-refractivity contribution in [1.82, 2.24) is 14.8 Å². The molecule has 2 heterocycles. The van der Waals surface area contributed by atoms with Gasteiger partial charge in [0.15, 0.2) is 5.76 Å². The highest BCUT2D eigenvalue weighted by Crippen LogP contribution is 2.40. The third kappa shape index (κ3) is 6.49. The van der Waals surface area contributed by atoms with Crippen molar-refractivity contribution < 1.29 is 19.4 Å². The molecule has 0 saturated heterocycles. The lowest BCUT2D eigenvalue weighted by molar-refractivity contribution is -0.129. The van der Waals surface area contributed by atoms with Crippen molar-refractivity contribution in [2.75, 3.05) is 33.8 Å². The SMILES string of the molecule is CCCCCCOc1ccc(C2C(C(=O)c3sc(C)nc3C)=C(O)C(=O)N2CCCN(C)C)cc1. The number of aliphatic hydroxyl groups excluding tert-OH is 1. The van der Waals surface area contributed by atoms with Crippen LogP contribution in [0.3, 0.4) is 0 Å². The minimum Gasteiger partial charge on any atom is -0.503 e. The number of unbranched alkanes of at least 4 members (excludes halogenated alkanes) is 3. The summed E-state index contributed by atoms with van der Waals surface area (Å²) in [7, 11) is 3.95. The normalized spacial score (nSPS) is 16.0. The molecule has 3 rings (SSSR count). The first-order valence-electron chi connectivity index (χ1n) is 12.3. The van der Waals surface area contributed by atoms with Crippen LogP contribution < -0.4 is 4.74 Å². The number of thiazole rings is 1. The van der Waals surface area contributed by atoms with E-state index in [1.807, 2.05) is 50.2 Å². The van der Waals surface area contributed by atoms with Crippen LogP contribution in [0.25, 0.3) is 0 Å². The average molecular weight is 500 g/mol. The van der Waals surface area contributed by atoms with Crippen LogP contribution >= 0.6 is 11.3 Å². The Morgan fingerprint density at radius 3 is 2.46 bits per heavy atom. The van der Waals surface area contributed by atoms with E-state index in [2.05, 4.69) is 11.9 Å². The Labute approximate surface area is 212 Å². The Morgan fingerprint density at radius 2 is 1.86 bits per heavy atom. The van der Waals surface area contributed by atoms with Crippen LogP contribution in [0.4, 0.5) is 0 Å². The fraction of sp³-hybridized carbons (Fsp3) is 0.519. The van der Waals surface area contributed by atoms with Gasteiger partial charge in [0.2, 0.25) is 5.78 Å². The number of benzene rings is 1. The number of ether oxygens (including phenoxy) is 1. The van der Waals surface area contributed by atoms with Crippen LogP contribution in [-0.4, -0.2) is 65.4 Å². The molecule has 0 fully saturated rings. The summed E-state index contributed by atoms with van der Waals surface area (Å²) in [5, 5.41) is 11.6. The summed E-state index contributed by atoms with van der Waals surface area (Å²) in [5.41, 5.74) is 1.51. The molecule has 1 atom stereocenters. The van der Waals surface area contributed by atoms with Gasteiger partial charge < -0.3 is 19.6 Å². The third-order valence-corrected chi connectivity index (χ3v) is 7.20. The van der Waals surface area contributed by atoms with Gasteiger partial charge in [-0.05, 0) is 65.0 Å². The van der Waals surface area contributed by atoms with Gasteiger partial charge >= 0.3 is 0 Å². The number of hydrogen-bond donors (Lipinski definition) is 1. The van der Waals surface area contributed by atoms with Crippen LogP contribution in [0.2, 0.25) is 0 Å². The number of ketones is 1. The number of Topliss-reactive ketones (excluding diaryl/α,β-unsaturated/α-hetero) is 1. The van der Waals surface area contributed by atoms with Crippen LogP contribution in [0.15, 0.2) is 35.6 Å². The molecule has 1 amide bonds. The first-order valence-corrected chi connectivity index (χ1v) is 13.2. The zero-order valence-electron chi connectivity index (χ0n) is 21.5. The van der Waals surface area contributed by atoms with Gasteiger partial charge in [-0.15, -0.1) is 11.3 Å². The number of aliphatic hydroxyl groups is 1. The van der Waals surface area contributed by atoms with Crippen molar-refractivity contribution in [2.24, 2.45) is 0 Å². The maximum Gasteiger partial charge on any atom is 0.290 e. The fourth-order valence-electron chi connectivity index (χ4n) is 4.35. The summed E-state index contributed by atoms with van der Waals surface area (Å²) in [6, 6.07) is 6.86. The Balaban J connectivity index is 1.88. The number of amides is 1. The molecule has 0 bridgehead atoms. The molecular weight excluding hydrogens is 462 g/mol. The van der Waals surface area contributed by atoms with Gasteiger partial charge in [0.05, 0.1) is 33.8 Å². The quantitative estimate of drug-likeness (QED) is 0.299. The van der Waals surface area contributed by atoms with E-state index < -0.39 is 17.7 Å². The zero-order chi connectivity index (χ0) is 25.5. The van der Waals surface area contributed by atoms with Gasteiger partial charge in [-0.25, -0.2) is 4.98 Å². The molecule has 0 spiro atoms. The van der Waals surface area contributed by atoms with Gasteiger partial charge in [-0.2, -0.15) is 0 Å². The topological polar surface area (TPSA) is 83.0 Å². The lowest BCUT2D eigenvalue weighted by atomic mass is 9.95. The molecule has 1 aromatic carbocycles. The summed E-state index contributed by atoms with van der Waals surface area (Å²) in [4.78, 5) is 35.2. The van der Waals surface area contributed by atoms with Crippen molar-refractivity contribution >= 4 is 23.0 Å². The number of hydrogen-bond acceptors (Lipinski definition) is 7. The summed E-state index contributed by atoms with van der Waals surface area (Å²) >= 11 is 1.29. The van der Waals surface area contributed by atoms with Gasteiger partial charge in [0.1, 0.15) is 5.75 Å². The van der Waals surface area contributed by atoms with E-state index in [1.54, 1.807) is 11.8 Å². The summed E-state index contributed by atoms with van der Waals surface area (Å²) in [5.74, 6) is -0.558. The lowest BCUT2D eigenvalue weighted by Crippen LogP contribution is -2.33. The molecule has 7 nitrogen and oxygen atoms in total. The molecule has 190 valence electrons.